The summed E-state index contributed by atoms with van der Waals surface area (Å²) in [5.74, 6) is -0.527. The van der Waals surface area contributed by atoms with E-state index in [2.05, 4.69) is 14.6 Å². The van der Waals surface area contributed by atoms with Crippen LogP contribution in [0.4, 0.5) is 4.39 Å². The Kier molecular flexibility index (Phi) is 6.95. The van der Waals surface area contributed by atoms with E-state index in [0.717, 1.165) is 16.7 Å². The van der Waals surface area contributed by atoms with E-state index in [1.54, 1.807) is 23.1 Å². The van der Waals surface area contributed by atoms with Crippen LogP contribution in [0.25, 0.3) is 5.57 Å². The molecule has 8 heteroatoms. The molecule has 1 fully saturated rings. The standard InChI is InChI=1S/C25H24FN3O4/c1-32-25(31)22-17-33-23(27-22)16-28-11-13-29(14-12-28)24(30)15-21(18-5-3-2-4-6-18)19-7-9-20(26)10-8-19/h2-10,15,17H,11-14,16H2,1H3/b21-15-. The molecule has 1 aliphatic heterocycles. The van der Waals surface area contributed by atoms with Gasteiger partial charge >= 0.3 is 5.97 Å². The van der Waals surface area contributed by atoms with E-state index in [0.29, 0.717) is 38.6 Å². The number of aromatic nitrogens is 1. The van der Waals surface area contributed by atoms with Crippen LogP contribution in [0, 0.1) is 5.82 Å². The van der Waals surface area contributed by atoms with Crippen LogP contribution in [-0.4, -0.2) is 59.9 Å². The van der Waals surface area contributed by atoms with Gasteiger partial charge in [0.15, 0.2) is 5.69 Å². The van der Waals surface area contributed by atoms with Gasteiger partial charge in [-0.1, -0.05) is 42.5 Å². The molecular formula is C25H24FN3O4. The zero-order valence-electron chi connectivity index (χ0n) is 18.2. The van der Waals surface area contributed by atoms with E-state index < -0.39 is 5.97 Å². The lowest BCUT2D eigenvalue weighted by Crippen LogP contribution is -2.47. The second kappa shape index (κ2) is 10.2. The van der Waals surface area contributed by atoms with Crippen molar-refractivity contribution in [2.24, 2.45) is 0 Å². The highest BCUT2D eigenvalue weighted by molar-refractivity contribution is 5.99. The van der Waals surface area contributed by atoms with Crippen molar-refractivity contribution >= 4 is 17.4 Å². The van der Waals surface area contributed by atoms with Gasteiger partial charge in [-0.3, -0.25) is 9.69 Å². The molecule has 3 aromatic rings. The molecular weight excluding hydrogens is 425 g/mol. The first-order valence-electron chi connectivity index (χ1n) is 10.6. The van der Waals surface area contributed by atoms with E-state index >= 15 is 0 Å². The number of carbonyl (C=O) groups is 2. The van der Waals surface area contributed by atoms with E-state index in [4.69, 9.17) is 4.42 Å². The molecule has 2 heterocycles. The fraction of sp³-hybridized carbons (Fsp3) is 0.240. The van der Waals surface area contributed by atoms with E-state index in [-0.39, 0.29) is 17.4 Å². The van der Waals surface area contributed by atoms with Crippen molar-refractivity contribution in [3.8, 4) is 0 Å². The summed E-state index contributed by atoms with van der Waals surface area (Å²) in [5, 5.41) is 0. The maximum atomic E-state index is 13.4. The number of methoxy groups -OCH3 is 1. The Morgan fingerprint density at radius 2 is 1.70 bits per heavy atom. The molecule has 33 heavy (non-hydrogen) atoms. The van der Waals surface area contributed by atoms with Gasteiger partial charge in [0.05, 0.1) is 13.7 Å². The third-order valence-electron chi connectivity index (χ3n) is 5.50. The third-order valence-corrected chi connectivity index (χ3v) is 5.50. The molecule has 1 aliphatic rings. The number of nitrogens with zero attached hydrogens (tertiary/aromatic N) is 3. The van der Waals surface area contributed by atoms with Gasteiger partial charge in [-0.25, -0.2) is 14.2 Å². The molecule has 0 spiro atoms. The fourth-order valence-electron chi connectivity index (χ4n) is 3.69. The van der Waals surface area contributed by atoms with Crippen molar-refractivity contribution in [3.63, 3.8) is 0 Å². The molecule has 1 amide bonds. The smallest absolute Gasteiger partial charge is 0.360 e. The van der Waals surface area contributed by atoms with Crippen LogP contribution >= 0.6 is 0 Å². The maximum absolute atomic E-state index is 13.4. The number of oxazole rings is 1. The first kappa shape index (κ1) is 22.4. The Labute approximate surface area is 191 Å². The number of esters is 1. The summed E-state index contributed by atoms with van der Waals surface area (Å²) in [6.45, 7) is 2.83. The highest BCUT2D eigenvalue weighted by Crippen LogP contribution is 2.24. The number of benzene rings is 2. The van der Waals surface area contributed by atoms with E-state index in [9.17, 15) is 14.0 Å². The SMILES string of the molecule is COC(=O)c1coc(CN2CCN(C(=O)/C=C(/c3ccccc3)c3ccc(F)cc3)CC2)n1. The molecule has 2 aromatic carbocycles. The van der Waals surface area contributed by atoms with Gasteiger partial charge in [-0.05, 0) is 28.8 Å². The Bertz CT molecular complexity index is 1130. The van der Waals surface area contributed by atoms with Crippen molar-refractivity contribution in [2.45, 2.75) is 6.54 Å². The quantitative estimate of drug-likeness (QED) is 0.424. The normalized spacial score (nSPS) is 14.8. The number of amides is 1. The molecule has 0 bridgehead atoms. The summed E-state index contributed by atoms with van der Waals surface area (Å²) in [4.78, 5) is 32.6. The molecule has 0 radical (unpaired) electrons. The summed E-state index contributed by atoms with van der Waals surface area (Å²) in [5.41, 5.74) is 2.56. The van der Waals surface area contributed by atoms with Crippen LogP contribution in [0.15, 0.2) is 71.4 Å². The second-order valence-electron chi connectivity index (χ2n) is 7.65. The Balaban J connectivity index is 1.42. The second-order valence-corrected chi connectivity index (χ2v) is 7.65. The van der Waals surface area contributed by atoms with Crippen molar-refractivity contribution < 1.29 is 23.1 Å². The fourth-order valence-corrected chi connectivity index (χ4v) is 3.69. The summed E-state index contributed by atoms with van der Waals surface area (Å²) >= 11 is 0. The van der Waals surface area contributed by atoms with E-state index in [1.807, 2.05) is 30.3 Å². The maximum Gasteiger partial charge on any atom is 0.360 e. The molecule has 0 N–H and O–H groups in total. The van der Waals surface area contributed by atoms with Gasteiger partial charge in [0.25, 0.3) is 0 Å². The van der Waals surface area contributed by atoms with Gasteiger partial charge in [0.2, 0.25) is 11.8 Å². The molecule has 0 aliphatic carbocycles. The summed E-state index contributed by atoms with van der Waals surface area (Å²) in [7, 11) is 1.29. The van der Waals surface area contributed by atoms with Gasteiger partial charge < -0.3 is 14.1 Å². The van der Waals surface area contributed by atoms with Crippen LogP contribution in [-0.2, 0) is 16.1 Å². The largest absolute Gasteiger partial charge is 0.464 e. The van der Waals surface area contributed by atoms with Gasteiger partial charge in [-0.15, -0.1) is 0 Å². The number of piperazine rings is 1. The zero-order valence-corrected chi connectivity index (χ0v) is 18.2. The Hall–Kier alpha value is -3.78. The minimum atomic E-state index is -0.539. The number of rotatable bonds is 6. The van der Waals surface area contributed by atoms with Crippen LogP contribution in [0.3, 0.4) is 0 Å². The number of carbonyl (C=O) groups excluding carboxylic acids is 2. The van der Waals surface area contributed by atoms with Crippen molar-refractivity contribution in [1.82, 2.24) is 14.8 Å². The topological polar surface area (TPSA) is 75.9 Å². The monoisotopic (exact) mass is 449 g/mol. The van der Waals surface area contributed by atoms with Crippen LogP contribution in [0.1, 0.15) is 27.5 Å². The zero-order chi connectivity index (χ0) is 23.2. The van der Waals surface area contributed by atoms with Crippen molar-refractivity contribution in [1.29, 1.82) is 0 Å². The molecule has 7 nitrogen and oxygen atoms in total. The highest BCUT2D eigenvalue weighted by atomic mass is 19.1. The number of hydrogen-bond donors (Lipinski definition) is 0. The molecule has 4 rings (SSSR count). The number of halogens is 1. The predicted octanol–water partition coefficient (Wildman–Crippen LogP) is 3.38. The number of hydrogen-bond acceptors (Lipinski definition) is 6. The predicted molar refractivity (Wildman–Crippen MR) is 120 cm³/mol. The first-order chi connectivity index (χ1) is 16.0. The lowest BCUT2D eigenvalue weighted by molar-refractivity contribution is -0.127. The molecule has 1 saturated heterocycles. The summed E-state index contributed by atoms with van der Waals surface area (Å²) in [6, 6.07) is 15.7. The van der Waals surface area contributed by atoms with Crippen molar-refractivity contribution in [3.05, 3.63) is 95.5 Å². The highest BCUT2D eigenvalue weighted by Gasteiger charge is 2.23. The third kappa shape index (κ3) is 5.53. The average molecular weight is 449 g/mol. The summed E-state index contributed by atoms with van der Waals surface area (Å²) < 4.78 is 23.4. The van der Waals surface area contributed by atoms with Crippen molar-refractivity contribution in [2.75, 3.05) is 33.3 Å². The van der Waals surface area contributed by atoms with Crippen LogP contribution < -0.4 is 0 Å². The minimum Gasteiger partial charge on any atom is -0.464 e. The molecule has 0 atom stereocenters. The van der Waals surface area contributed by atoms with Crippen LogP contribution in [0.5, 0.6) is 0 Å². The van der Waals surface area contributed by atoms with Crippen LogP contribution in [0.2, 0.25) is 0 Å². The Morgan fingerprint density at radius 1 is 1.03 bits per heavy atom. The van der Waals surface area contributed by atoms with Gasteiger partial charge in [-0.2, -0.15) is 0 Å². The first-order valence-corrected chi connectivity index (χ1v) is 10.6. The number of ether oxygens (including phenoxy) is 1. The summed E-state index contributed by atoms with van der Waals surface area (Å²) in [6.07, 6.45) is 2.90. The van der Waals surface area contributed by atoms with Gasteiger partial charge in [0.1, 0.15) is 12.1 Å². The Morgan fingerprint density at radius 3 is 2.36 bits per heavy atom. The lowest BCUT2D eigenvalue weighted by Gasteiger charge is -2.33. The average Bonchev–Trinajstić information content (AvgIpc) is 3.32. The van der Waals surface area contributed by atoms with Gasteiger partial charge in [0, 0.05) is 32.3 Å². The molecule has 0 saturated carbocycles. The van der Waals surface area contributed by atoms with E-state index in [1.165, 1.54) is 25.5 Å². The molecule has 0 unspecified atom stereocenters. The lowest BCUT2D eigenvalue weighted by atomic mass is 9.97. The molecule has 170 valence electrons. The minimum absolute atomic E-state index is 0.0954. The molecule has 1 aromatic heterocycles.